The van der Waals surface area contributed by atoms with Crippen molar-refractivity contribution in [2.24, 2.45) is 7.05 Å². The van der Waals surface area contributed by atoms with Crippen LogP contribution in [0.5, 0.6) is 0 Å². The number of rotatable bonds is 3. The lowest BCUT2D eigenvalue weighted by molar-refractivity contribution is 0.355. The van der Waals surface area contributed by atoms with Crippen molar-refractivity contribution in [3.63, 3.8) is 0 Å². The molecule has 0 bridgehead atoms. The van der Waals surface area contributed by atoms with Crippen LogP contribution in [0, 0.1) is 13.8 Å². The van der Waals surface area contributed by atoms with Crippen LogP contribution in [0.4, 0.5) is 5.69 Å². The van der Waals surface area contributed by atoms with Crippen LogP contribution in [0.2, 0.25) is 0 Å². The molecule has 0 saturated heterocycles. The van der Waals surface area contributed by atoms with Gasteiger partial charge in [-0.15, -0.1) is 0 Å². The molecule has 2 aromatic rings. The van der Waals surface area contributed by atoms with Crippen molar-refractivity contribution in [2.45, 2.75) is 46.7 Å². The maximum Gasteiger partial charge on any atom is 0.0827 e. The molecular weight excluding hydrogens is 238 g/mol. The fourth-order valence-electron chi connectivity index (χ4n) is 2.04. The molecule has 0 unspecified atom stereocenters. The minimum absolute atomic E-state index is 0.0262. The fourth-order valence-corrected chi connectivity index (χ4v) is 2.04. The van der Waals surface area contributed by atoms with Gasteiger partial charge in [-0.05, 0) is 34.6 Å². The Hall–Kier alpha value is -1.78. The second kappa shape index (κ2) is 4.72. The molecule has 0 spiro atoms. The standard InChI is InChI=1S/C14H23N5/c1-10-13(11(2)18(6)17-10)15-7-12-8-16-19(9-12)14(3,4)5/h8-9,15H,7H2,1-6H3. The van der Waals surface area contributed by atoms with E-state index in [1.54, 1.807) is 0 Å². The molecular formula is C14H23N5. The van der Waals surface area contributed by atoms with Crippen molar-refractivity contribution in [1.29, 1.82) is 0 Å². The highest BCUT2D eigenvalue weighted by atomic mass is 15.3. The van der Waals surface area contributed by atoms with Crippen molar-refractivity contribution >= 4 is 5.69 Å². The Morgan fingerprint density at radius 3 is 2.42 bits per heavy atom. The normalized spacial score (nSPS) is 11.9. The third kappa shape index (κ3) is 2.80. The van der Waals surface area contributed by atoms with Gasteiger partial charge >= 0.3 is 0 Å². The zero-order chi connectivity index (χ0) is 14.2. The largest absolute Gasteiger partial charge is 0.378 e. The summed E-state index contributed by atoms with van der Waals surface area (Å²) in [5.41, 5.74) is 4.51. The molecule has 19 heavy (non-hydrogen) atoms. The highest BCUT2D eigenvalue weighted by Gasteiger charge is 2.14. The molecule has 104 valence electrons. The highest BCUT2D eigenvalue weighted by molar-refractivity contribution is 5.52. The van der Waals surface area contributed by atoms with Gasteiger partial charge in [-0.3, -0.25) is 9.36 Å². The molecule has 0 atom stereocenters. The van der Waals surface area contributed by atoms with Gasteiger partial charge in [0.05, 0.1) is 28.8 Å². The number of aryl methyl sites for hydroxylation is 2. The van der Waals surface area contributed by atoms with E-state index in [2.05, 4.69) is 49.4 Å². The molecule has 0 amide bonds. The van der Waals surface area contributed by atoms with E-state index in [9.17, 15) is 0 Å². The van der Waals surface area contributed by atoms with Crippen LogP contribution >= 0.6 is 0 Å². The smallest absolute Gasteiger partial charge is 0.0827 e. The van der Waals surface area contributed by atoms with E-state index in [-0.39, 0.29) is 5.54 Å². The summed E-state index contributed by atoms with van der Waals surface area (Å²) in [7, 11) is 1.96. The maximum atomic E-state index is 4.41. The fraction of sp³-hybridized carbons (Fsp3) is 0.571. The summed E-state index contributed by atoms with van der Waals surface area (Å²) in [5, 5.41) is 12.3. The Morgan fingerprint density at radius 2 is 1.95 bits per heavy atom. The summed E-state index contributed by atoms with van der Waals surface area (Å²) in [6, 6.07) is 0. The van der Waals surface area contributed by atoms with Crippen molar-refractivity contribution < 1.29 is 0 Å². The Balaban J connectivity index is 2.09. The van der Waals surface area contributed by atoms with E-state index in [4.69, 9.17) is 0 Å². The molecule has 0 radical (unpaired) electrons. The molecule has 0 aliphatic heterocycles. The van der Waals surface area contributed by atoms with Crippen molar-refractivity contribution in [3.8, 4) is 0 Å². The van der Waals surface area contributed by atoms with Gasteiger partial charge in [-0.1, -0.05) is 0 Å². The Bertz CT molecular complexity index is 571. The zero-order valence-electron chi connectivity index (χ0n) is 12.7. The molecule has 5 nitrogen and oxygen atoms in total. The lowest BCUT2D eigenvalue weighted by Gasteiger charge is -2.18. The third-order valence-electron chi connectivity index (χ3n) is 3.30. The molecule has 1 N–H and O–H groups in total. The number of hydrogen-bond donors (Lipinski definition) is 1. The molecule has 0 fully saturated rings. The lowest BCUT2D eigenvalue weighted by Crippen LogP contribution is -2.22. The summed E-state index contributed by atoms with van der Waals surface area (Å²) < 4.78 is 3.89. The minimum Gasteiger partial charge on any atom is -0.378 e. The quantitative estimate of drug-likeness (QED) is 0.924. The SMILES string of the molecule is Cc1nn(C)c(C)c1NCc1cnn(C(C)(C)C)c1. The molecule has 2 aromatic heterocycles. The number of anilines is 1. The van der Waals surface area contributed by atoms with E-state index in [0.29, 0.717) is 0 Å². The molecule has 0 aliphatic rings. The Morgan fingerprint density at radius 1 is 1.26 bits per heavy atom. The molecule has 0 aromatic carbocycles. The van der Waals surface area contributed by atoms with Crippen molar-refractivity contribution in [1.82, 2.24) is 19.6 Å². The molecule has 0 saturated carbocycles. The highest BCUT2D eigenvalue weighted by Crippen LogP contribution is 2.20. The van der Waals surface area contributed by atoms with Crippen LogP contribution in [0.1, 0.15) is 37.7 Å². The summed E-state index contributed by atoms with van der Waals surface area (Å²) in [4.78, 5) is 0. The van der Waals surface area contributed by atoms with Crippen LogP contribution in [0.3, 0.4) is 0 Å². The number of hydrogen-bond acceptors (Lipinski definition) is 3. The first-order chi connectivity index (χ1) is 8.79. The summed E-state index contributed by atoms with van der Waals surface area (Å²) in [5.74, 6) is 0. The van der Waals surface area contributed by atoms with Crippen LogP contribution in [0.15, 0.2) is 12.4 Å². The predicted molar refractivity (Wildman–Crippen MR) is 77.2 cm³/mol. The van der Waals surface area contributed by atoms with E-state index < -0.39 is 0 Å². The maximum absolute atomic E-state index is 4.41. The zero-order valence-corrected chi connectivity index (χ0v) is 12.7. The summed E-state index contributed by atoms with van der Waals surface area (Å²) in [6.45, 7) is 11.3. The second-order valence-electron chi connectivity index (χ2n) is 5.99. The van der Waals surface area contributed by atoms with Gasteiger partial charge in [0.1, 0.15) is 0 Å². The summed E-state index contributed by atoms with van der Waals surface area (Å²) in [6.07, 6.45) is 4.01. The summed E-state index contributed by atoms with van der Waals surface area (Å²) >= 11 is 0. The minimum atomic E-state index is 0.0262. The van der Waals surface area contributed by atoms with Gasteiger partial charge < -0.3 is 5.32 Å². The van der Waals surface area contributed by atoms with Gasteiger partial charge in [-0.2, -0.15) is 10.2 Å². The topological polar surface area (TPSA) is 47.7 Å². The monoisotopic (exact) mass is 261 g/mol. The molecule has 2 heterocycles. The van der Waals surface area contributed by atoms with Crippen molar-refractivity contribution in [2.75, 3.05) is 5.32 Å². The van der Waals surface area contributed by atoms with Gasteiger partial charge in [0.25, 0.3) is 0 Å². The first-order valence-electron chi connectivity index (χ1n) is 6.57. The third-order valence-corrected chi connectivity index (χ3v) is 3.30. The first kappa shape index (κ1) is 13.6. The number of nitrogens with zero attached hydrogens (tertiary/aromatic N) is 4. The molecule has 2 rings (SSSR count). The van der Waals surface area contributed by atoms with Crippen LogP contribution in [0.25, 0.3) is 0 Å². The Kier molecular flexibility index (Phi) is 3.39. The van der Waals surface area contributed by atoms with Gasteiger partial charge in [0, 0.05) is 25.4 Å². The van der Waals surface area contributed by atoms with E-state index >= 15 is 0 Å². The molecule has 5 heteroatoms. The van der Waals surface area contributed by atoms with Gasteiger partial charge in [-0.25, -0.2) is 0 Å². The Labute approximate surface area is 114 Å². The van der Waals surface area contributed by atoms with E-state index in [0.717, 1.165) is 23.6 Å². The second-order valence-corrected chi connectivity index (χ2v) is 5.99. The van der Waals surface area contributed by atoms with Crippen LogP contribution in [-0.4, -0.2) is 19.6 Å². The average molecular weight is 261 g/mol. The van der Waals surface area contributed by atoms with Crippen molar-refractivity contribution in [3.05, 3.63) is 29.3 Å². The number of nitrogens with one attached hydrogen (secondary N) is 1. The van der Waals surface area contributed by atoms with Crippen LogP contribution < -0.4 is 5.32 Å². The van der Waals surface area contributed by atoms with E-state index in [1.165, 1.54) is 5.56 Å². The predicted octanol–water partition coefficient (Wildman–Crippen LogP) is 2.60. The van der Waals surface area contributed by atoms with Crippen LogP contribution in [-0.2, 0) is 19.1 Å². The van der Waals surface area contributed by atoms with E-state index in [1.807, 2.05) is 29.5 Å². The average Bonchev–Trinajstić information content (AvgIpc) is 2.84. The first-order valence-corrected chi connectivity index (χ1v) is 6.57. The van der Waals surface area contributed by atoms with Gasteiger partial charge in [0.2, 0.25) is 0 Å². The van der Waals surface area contributed by atoms with Gasteiger partial charge in [0.15, 0.2) is 0 Å². The molecule has 0 aliphatic carbocycles. The lowest BCUT2D eigenvalue weighted by atomic mass is 10.1. The number of aromatic nitrogens is 4.